The van der Waals surface area contributed by atoms with E-state index in [1.165, 1.54) is 5.56 Å². The lowest BCUT2D eigenvalue weighted by atomic mass is 9.98. The molecule has 1 atom stereocenters. The Morgan fingerprint density at radius 3 is 2.57 bits per heavy atom. The van der Waals surface area contributed by atoms with E-state index in [-0.39, 0.29) is 0 Å². The van der Waals surface area contributed by atoms with E-state index in [1.807, 2.05) is 12.1 Å². The van der Waals surface area contributed by atoms with Crippen molar-refractivity contribution in [3.63, 3.8) is 0 Å². The van der Waals surface area contributed by atoms with Crippen molar-refractivity contribution in [3.8, 4) is 5.75 Å². The van der Waals surface area contributed by atoms with Crippen LogP contribution >= 0.6 is 0 Å². The van der Waals surface area contributed by atoms with Crippen molar-refractivity contribution in [3.05, 3.63) is 29.8 Å². The van der Waals surface area contributed by atoms with Gasteiger partial charge in [0.05, 0.1) is 6.61 Å². The monoisotopic (exact) mass is 291 g/mol. The molecular weight excluding hydrogens is 266 g/mol. The molecule has 1 saturated carbocycles. The SMILES string of the molecule is CCCc1ccc(OCCC(C)(NC2CC2)C(=O)O)cc1. The fraction of sp³-hybridized carbons (Fsp3) is 0.588. The van der Waals surface area contributed by atoms with Gasteiger partial charge in [-0.15, -0.1) is 0 Å². The number of carboxylic acid groups (broad SMARTS) is 1. The highest BCUT2D eigenvalue weighted by molar-refractivity contribution is 5.78. The molecule has 116 valence electrons. The van der Waals surface area contributed by atoms with Gasteiger partial charge in [-0.1, -0.05) is 25.5 Å². The Labute approximate surface area is 126 Å². The quantitative estimate of drug-likeness (QED) is 0.734. The van der Waals surface area contributed by atoms with E-state index in [9.17, 15) is 9.90 Å². The molecule has 1 unspecified atom stereocenters. The molecule has 1 aliphatic carbocycles. The predicted molar refractivity (Wildman–Crippen MR) is 82.7 cm³/mol. The third-order valence-corrected chi connectivity index (χ3v) is 3.90. The Hall–Kier alpha value is -1.55. The first-order valence-corrected chi connectivity index (χ1v) is 7.76. The van der Waals surface area contributed by atoms with E-state index >= 15 is 0 Å². The first kappa shape index (κ1) is 15.8. The standard InChI is InChI=1S/C17H25NO3/c1-3-4-13-5-9-15(10-6-13)21-12-11-17(2,16(19)20)18-14-7-8-14/h5-6,9-10,14,18H,3-4,7-8,11-12H2,1-2H3,(H,19,20). The molecule has 0 aromatic heterocycles. The van der Waals surface area contributed by atoms with Crippen molar-refractivity contribution in [2.45, 2.75) is 57.5 Å². The Balaban J connectivity index is 1.82. The summed E-state index contributed by atoms with van der Waals surface area (Å²) in [6, 6.07) is 8.41. The van der Waals surface area contributed by atoms with Gasteiger partial charge in [-0.25, -0.2) is 0 Å². The predicted octanol–water partition coefficient (Wildman–Crippen LogP) is 3.00. The molecule has 21 heavy (non-hydrogen) atoms. The summed E-state index contributed by atoms with van der Waals surface area (Å²) in [6.07, 6.45) is 4.80. The van der Waals surface area contributed by atoms with Crippen molar-refractivity contribution >= 4 is 5.97 Å². The van der Waals surface area contributed by atoms with Crippen molar-refractivity contribution in [2.75, 3.05) is 6.61 Å². The Morgan fingerprint density at radius 1 is 1.38 bits per heavy atom. The summed E-state index contributed by atoms with van der Waals surface area (Å²) in [7, 11) is 0. The van der Waals surface area contributed by atoms with Crippen molar-refractivity contribution < 1.29 is 14.6 Å². The number of rotatable bonds is 9. The van der Waals surface area contributed by atoms with E-state index in [4.69, 9.17) is 4.74 Å². The second-order valence-electron chi connectivity index (χ2n) is 6.05. The van der Waals surface area contributed by atoms with Crippen LogP contribution < -0.4 is 10.1 Å². The van der Waals surface area contributed by atoms with E-state index < -0.39 is 11.5 Å². The number of aliphatic carboxylic acids is 1. The van der Waals surface area contributed by atoms with Crippen LogP contribution in [0.3, 0.4) is 0 Å². The second kappa shape index (κ2) is 6.94. The van der Waals surface area contributed by atoms with Crippen LogP contribution in [-0.4, -0.2) is 29.3 Å². The Morgan fingerprint density at radius 2 is 2.05 bits per heavy atom. The number of nitrogens with one attached hydrogen (secondary N) is 1. The third kappa shape index (κ3) is 4.74. The van der Waals surface area contributed by atoms with Crippen LogP contribution in [0.25, 0.3) is 0 Å². The Kier molecular flexibility index (Phi) is 5.23. The molecule has 0 aliphatic heterocycles. The summed E-state index contributed by atoms with van der Waals surface area (Å²) in [5, 5.41) is 12.6. The van der Waals surface area contributed by atoms with E-state index in [0.29, 0.717) is 19.1 Å². The zero-order valence-electron chi connectivity index (χ0n) is 12.9. The largest absolute Gasteiger partial charge is 0.494 e. The Bertz CT molecular complexity index is 467. The number of ether oxygens (including phenoxy) is 1. The number of hydrogen-bond acceptors (Lipinski definition) is 3. The smallest absolute Gasteiger partial charge is 0.323 e. The lowest BCUT2D eigenvalue weighted by Crippen LogP contribution is -2.51. The first-order chi connectivity index (χ1) is 10.0. The van der Waals surface area contributed by atoms with Gasteiger partial charge in [0, 0.05) is 12.5 Å². The summed E-state index contributed by atoms with van der Waals surface area (Å²) in [6.45, 7) is 4.29. The molecule has 2 rings (SSSR count). The molecular formula is C17H25NO3. The van der Waals surface area contributed by atoms with Crippen LogP contribution in [-0.2, 0) is 11.2 Å². The van der Waals surface area contributed by atoms with Gasteiger partial charge in [0.1, 0.15) is 11.3 Å². The van der Waals surface area contributed by atoms with Crippen molar-refractivity contribution in [1.29, 1.82) is 0 Å². The maximum atomic E-state index is 11.4. The van der Waals surface area contributed by atoms with E-state index in [1.54, 1.807) is 6.92 Å². The van der Waals surface area contributed by atoms with Gasteiger partial charge >= 0.3 is 5.97 Å². The molecule has 0 heterocycles. The maximum absolute atomic E-state index is 11.4. The minimum atomic E-state index is -0.899. The summed E-state index contributed by atoms with van der Waals surface area (Å²) >= 11 is 0. The molecule has 1 aliphatic rings. The fourth-order valence-corrected chi connectivity index (χ4v) is 2.33. The van der Waals surface area contributed by atoms with Crippen molar-refractivity contribution in [1.82, 2.24) is 5.32 Å². The van der Waals surface area contributed by atoms with Crippen LogP contribution in [0.2, 0.25) is 0 Å². The fourth-order valence-electron chi connectivity index (χ4n) is 2.33. The van der Waals surface area contributed by atoms with Crippen LogP contribution in [0.15, 0.2) is 24.3 Å². The molecule has 1 aromatic rings. The third-order valence-electron chi connectivity index (χ3n) is 3.90. The highest BCUT2D eigenvalue weighted by atomic mass is 16.5. The van der Waals surface area contributed by atoms with Crippen LogP contribution in [0.5, 0.6) is 5.75 Å². The van der Waals surface area contributed by atoms with Crippen LogP contribution in [0.1, 0.15) is 45.1 Å². The molecule has 1 aromatic carbocycles. The minimum absolute atomic E-state index is 0.361. The van der Waals surface area contributed by atoms with Gasteiger partial charge in [0.2, 0.25) is 0 Å². The molecule has 0 radical (unpaired) electrons. The first-order valence-electron chi connectivity index (χ1n) is 7.76. The topological polar surface area (TPSA) is 58.6 Å². The summed E-state index contributed by atoms with van der Waals surface area (Å²) in [4.78, 5) is 11.4. The van der Waals surface area contributed by atoms with E-state index in [0.717, 1.165) is 31.4 Å². The van der Waals surface area contributed by atoms with Gasteiger partial charge in [-0.2, -0.15) is 0 Å². The van der Waals surface area contributed by atoms with Gasteiger partial charge in [0.15, 0.2) is 0 Å². The summed E-state index contributed by atoms with van der Waals surface area (Å²) < 4.78 is 5.68. The molecule has 0 amide bonds. The van der Waals surface area contributed by atoms with Crippen LogP contribution in [0.4, 0.5) is 0 Å². The zero-order valence-corrected chi connectivity index (χ0v) is 12.9. The van der Waals surface area contributed by atoms with Gasteiger partial charge in [-0.05, 0) is 43.9 Å². The average molecular weight is 291 g/mol. The van der Waals surface area contributed by atoms with Gasteiger partial charge in [0.25, 0.3) is 0 Å². The molecule has 4 nitrogen and oxygen atoms in total. The lowest BCUT2D eigenvalue weighted by Gasteiger charge is -2.26. The molecule has 0 spiro atoms. The molecule has 4 heteroatoms. The zero-order chi connectivity index (χ0) is 15.3. The second-order valence-corrected chi connectivity index (χ2v) is 6.05. The van der Waals surface area contributed by atoms with Gasteiger partial charge < -0.3 is 9.84 Å². The number of benzene rings is 1. The highest BCUT2D eigenvalue weighted by Crippen LogP contribution is 2.24. The normalized spacial score (nSPS) is 17.2. The van der Waals surface area contributed by atoms with Gasteiger partial charge in [-0.3, -0.25) is 10.1 Å². The average Bonchev–Trinajstić information content (AvgIpc) is 3.25. The lowest BCUT2D eigenvalue weighted by molar-refractivity contribution is -0.144. The molecule has 0 bridgehead atoms. The number of carboxylic acids is 1. The number of hydrogen-bond donors (Lipinski definition) is 2. The van der Waals surface area contributed by atoms with E-state index in [2.05, 4.69) is 24.4 Å². The number of aryl methyl sites for hydroxylation is 1. The molecule has 2 N–H and O–H groups in total. The van der Waals surface area contributed by atoms with Crippen LogP contribution in [0, 0.1) is 0 Å². The maximum Gasteiger partial charge on any atom is 0.323 e. The minimum Gasteiger partial charge on any atom is -0.494 e. The number of carbonyl (C=O) groups is 1. The molecule has 1 fully saturated rings. The van der Waals surface area contributed by atoms with Crippen molar-refractivity contribution in [2.24, 2.45) is 0 Å². The summed E-state index contributed by atoms with van der Waals surface area (Å²) in [5.41, 5.74) is 0.402. The summed E-state index contributed by atoms with van der Waals surface area (Å²) in [5.74, 6) is -0.00897. The molecule has 0 saturated heterocycles. The highest BCUT2D eigenvalue weighted by Gasteiger charge is 2.38.